The van der Waals surface area contributed by atoms with E-state index in [4.69, 9.17) is 72.5 Å². The van der Waals surface area contributed by atoms with Crippen LogP contribution in [-0.4, -0.2) is 128 Å². The van der Waals surface area contributed by atoms with Gasteiger partial charge in [0.05, 0.1) is 13.2 Å². The quantitative estimate of drug-likeness (QED) is 0.0118. The molecule has 0 saturated heterocycles. The van der Waals surface area contributed by atoms with Crippen molar-refractivity contribution in [1.29, 1.82) is 0 Å². The van der Waals surface area contributed by atoms with E-state index in [2.05, 4.69) is 22.4 Å². The number of carbonyl (C=O) groups is 6. The van der Waals surface area contributed by atoms with Gasteiger partial charge in [-0.05, 0) is 102 Å². The van der Waals surface area contributed by atoms with Crippen LogP contribution in [0.3, 0.4) is 0 Å². The number of aliphatic carboxylic acids is 1. The summed E-state index contributed by atoms with van der Waals surface area (Å²) in [7, 11) is 0. The molecule has 0 fully saturated rings. The van der Waals surface area contributed by atoms with E-state index < -0.39 is 66.0 Å². The molecule has 0 aromatic heterocycles. The van der Waals surface area contributed by atoms with Gasteiger partial charge in [-0.3, -0.25) is 9.59 Å². The predicted octanol–water partition coefficient (Wildman–Crippen LogP) is 10.6. The van der Waals surface area contributed by atoms with E-state index in [0.717, 1.165) is 39.2 Å². The zero-order chi connectivity index (χ0) is 66.1. The zero-order valence-electron chi connectivity index (χ0n) is 50.5. The van der Waals surface area contributed by atoms with Crippen molar-refractivity contribution in [3.8, 4) is 12.8 Å². The molecule has 478 valence electrons. The minimum atomic E-state index is -1.13. The normalized spacial score (nSPS) is 11.8. The van der Waals surface area contributed by atoms with Crippen molar-refractivity contribution in [2.24, 2.45) is 5.73 Å². The maximum Gasteiger partial charge on any atom is 0.408 e. The second-order valence-electron chi connectivity index (χ2n) is 19.2. The summed E-state index contributed by atoms with van der Waals surface area (Å²) in [5.41, 5.74) is 11.9. The highest BCUT2D eigenvalue weighted by molar-refractivity contribution is 6.19. The van der Waals surface area contributed by atoms with E-state index in [1.54, 1.807) is 26.0 Å². The molecule has 0 bridgehead atoms. The lowest BCUT2D eigenvalue weighted by Gasteiger charge is -2.25. The van der Waals surface area contributed by atoms with Crippen LogP contribution in [0.1, 0.15) is 48.6 Å². The molecule has 6 aromatic rings. The van der Waals surface area contributed by atoms with Crippen LogP contribution in [0.15, 0.2) is 158 Å². The first-order valence-corrected chi connectivity index (χ1v) is 30.4. The van der Waals surface area contributed by atoms with Crippen molar-refractivity contribution in [2.45, 2.75) is 76.9 Å². The SMILES string of the molecule is CCOC(=O)C(Cc1ccc(F)cc1)NC(=O)C(Cc1cccc(N(CCCl)CCCl)c1)NC(=O)OCc1ccccc1.CCOC(=O)C(N)Cc1ccc(F)cc1.O=C(NC(Cc1cccc(N(CCCl)CCCl)c1)C(=O)O)OCc1ccccc1.[2H]C#C. The molecule has 6 rings (SSSR count). The van der Waals surface area contributed by atoms with E-state index in [1.165, 1.54) is 42.8 Å². The Morgan fingerprint density at radius 2 is 0.876 bits per heavy atom. The maximum absolute atomic E-state index is 13.7. The number of ether oxygens (including phenoxy) is 4. The molecule has 0 spiro atoms. The lowest BCUT2D eigenvalue weighted by Crippen LogP contribution is -2.53. The predicted molar refractivity (Wildman–Crippen MR) is 346 cm³/mol. The fourth-order valence-electron chi connectivity index (χ4n) is 8.37. The van der Waals surface area contributed by atoms with E-state index in [1.807, 2.05) is 119 Å². The third-order valence-electron chi connectivity index (χ3n) is 12.7. The summed E-state index contributed by atoms with van der Waals surface area (Å²) in [5, 5.41) is 17.3. The third-order valence-corrected chi connectivity index (χ3v) is 13.3. The van der Waals surface area contributed by atoms with Crippen molar-refractivity contribution in [2.75, 3.05) is 72.7 Å². The first kappa shape index (κ1) is 73.4. The van der Waals surface area contributed by atoms with E-state index in [9.17, 15) is 42.7 Å². The van der Waals surface area contributed by atoms with Gasteiger partial charge in [-0.1, -0.05) is 109 Å². The smallest absolute Gasteiger partial charge is 0.408 e. The van der Waals surface area contributed by atoms with Gasteiger partial charge >= 0.3 is 30.1 Å². The number of hydrogen-bond acceptors (Lipinski definition) is 13. The van der Waals surface area contributed by atoms with Gasteiger partial charge in [-0.2, -0.15) is 0 Å². The summed E-state index contributed by atoms with van der Waals surface area (Å²) in [5.74, 6) is -1.83. The first-order chi connectivity index (χ1) is 43.4. The Labute approximate surface area is 540 Å². The van der Waals surface area contributed by atoms with Crippen molar-refractivity contribution < 1.29 is 63.0 Å². The average Bonchev–Trinajstić information content (AvgIpc) is 2.23. The summed E-state index contributed by atoms with van der Waals surface area (Å²) >= 11 is 23.7. The van der Waals surface area contributed by atoms with Gasteiger partial charge in [0.2, 0.25) is 5.91 Å². The standard InChI is InChI=1S/C32H36Cl2FN3O5.C21H24Cl2N2O4.C11H14FNO2.C2H2/c1-2-42-31(40)29(20-23-11-13-26(35)14-12-23)36-30(39)28(37-32(41)43-22-24-7-4-3-5-8-24)21-25-9-6-10-27(19-25)38(17-15-33)18-16-34;22-9-11-25(12-10-23)18-8-4-7-17(13-18)14-19(20(26)27)24-21(28)29-15-16-5-2-1-3-6-16;1-2-15-11(14)10(13)7-8-3-5-9(12)6-4-8;1-2/h3-14,19,28-29H,2,15-18,20-22H2,1H3,(H,36,39)(H,37,41);1-8,13,19H,9-12,14-15H2,(H,24,28)(H,26,27);3-6,10H,2,7,13H2,1H3;1-2H/i;;;1D. The maximum atomic E-state index is 13.7. The van der Waals surface area contributed by atoms with E-state index >= 15 is 0 Å². The van der Waals surface area contributed by atoms with Gasteiger partial charge in [0.25, 0.3) is 0 Å². The number of halogens is 6. The molecule has 0 aliphatic heterocycles. The number of nitrogens with two attached hydrogens (primary N) is 1. The Bertz CT molecular complexity index is 3110. The van der Waals surface area contributed by atoms with Crippen LogP contribution in [0, 0.1) is 24.5 Å². The number of nitrogens with zero attached hydrogens (tertiary/aromatic N) is 2. The summed E-state index contributed by atoms with van der Waals surface area (Å²) in [6, 6.07) is 40.8. The number of anilines is 2. The largest absolute Gasteiger partial charge is 0.480 e. The third kappa shape index (κ3) is 29.6. The number of terminal acetylenes is 1. The molecule has 6 N–H and O–H groups in total. The molecule has 23 heteroatoms. The summed E-state index contributed by atoms with van der Waals surface area (Å²) < 4.78 is 52.2. The van der Waals surface area contributed by atoms with Crippen molar-refractivity contribution in [3.63, 3.8) is 0 Å². The zero-order valence-corrected chi connectivity index (χ0v) is 52.5. The summed E-state index contributed by atoms with van der Waals surface area (Å²) in [6.07, 6.45) is 4.85. The van der Waals surface area contributed by atoms with Gasteiger partial charge in [-0.25, -0.2) is 28.0 Å². The van der Waals surface area contributed by atoms with Crippen LogP contribution in [-0.2, 0) is 77.0 Å². The molecule has 4 unspecified atom stereocenters. The Hall–Kier alpha value is -8.12. The summed E-state index contributed by atoms with van der Waals surface area (Å²) in [4.78, 5) is 78.2. The Kier molecular flexibility index (Phi) is 35.9. The number of amides is 3. The van der Waals surface area contributed by atoms with Crippen LogP contribution in [0.25, 0.3) is 0 Å². The Morgan fingerprint density at radius 3 is 1.28 bits per heavy atom. The second kappa shape index (κ2) is 43.5. The molecule has 0 aliphatic carbocycles. The number of alkyl halides is 4. The highest BCUT2D eigenvalue weighted by Gasteiger charge is 2.29. The fourth-order valence-corrected chi connectivity index (χ4v) is 9.19. The lowest BCUT2D eigenvalue weighted by atomic mass is 10.0. The second-order valence-corrected chi connectivity index (χ2v) is 20.7. The molecule has 89 heavy (non-hydrogen) atoms. The molecule has 0 radical (unpaired) electrons. The number of carboxylic acids is 1. The Morgan fingerprint density at radius 1 is 0.506 bits per heavy atom. The molecule has 6 aromatic carbocycles. The first-order valence-electron chi connectivity index (χ1n) is 28.7. The minimum absolute atomic E-state index is 0.0122. The molecule has 17 nitrogen and oxygen atoms in total. The molecule has 0 heterocycles. The van der Waals surface area contributed by atoms with Gasteiger partial charge in [0.15, 0.2) is 0 Å². The molecule has 3 amide bonds. The van der Waals surface area contributed by atoms with Crippen LogP contribution < -0.4 is 31.5 Å². The number of hydrogen-bond donors (Lipinski definition) is 5. The molecule has 0 aliphatic rings. The average molecular weight is 1310 g/mol. The molecular weight excluding hydrogens is 1230 g/mol. The van der Waals surface area contributed by atoms with Gasteiger partial charge in [0.1, 0.15) is 50.4 Å². The van der Waals surface area contributed by atoms with Crippen LogP contribution in [0.5, 0.6) is 0 Å². The van der Waals surface area contributed by atoms with Crippen molar-refractivity contribution in [3.05, 3.63) is 203 Å². The van der Waals surface area contributed by atoms with Crippen LogP contribution >= 0.6 is 46.4 Å². The Balaban J connectivity index is 0.000000385. The number of rotatable bonds is 31. The monoisotopic (exact) mass is 1310 g/mol. The number of esters is 2. The highest BCUT2D eigenvalue weighted by atomic mass is 35.5. The number of carboxylic acid groups (broad SMARTS) is 1. The van der Waals surface area contributed by atoms with E-state index in [0.29, 0.717) is 68.3 Å². The van der Waals surface area contributed by atoms with Crippen LogP contribution in [0.2, 0.25) is 0 Å². The topological polar surface area (TPSA) is 228 Å². The molecule has 0 saturated carbocycles. The number of carbonyl (C=O) groups excluding carboxylic acids is 5. The number of alkyl carbamates (subject to hydrolysis) is 2. The summed E-state index contributed by atoms with van der Waals surface area (Å²) in [6.45, 7) is 6.31. The molecular formula is C66H76Cl4F2N6O11. The number of nitrogens with one attached hydrogen (secondary N) is 3. The molecule has 4 atom stereocenters. The van der Waals surface area contributed by atoms with Crippen molar-refractivity contribution in [1.82, 2.24) is 16.0 Å². The minimum Gasteiger partial charge on any atom is -0.480 e. The van der Waals surface area contributed by atoms with E-state index in [-0.39, 0.29) is 44.9 Å². The van der Waals surface area contributed by atoms with Gasteiger partial charge in [-0.15, -0.1) is 59.2 Å². The highest BCUT2D eigenvalue weighted by Crippen LogP contribution is 2.20. The van der Waals surface area contributed by atoms with Gasteiger partial charge < -0.3 is 55.5 Å². The lowest BCUT2D eigenvalue weighted by molar-refractivity contribution is -0.147. The van der Waals surface area contributed by atoms with Crippen LogP contribution in [0.4, 0.5) is 29.7 Å². The van der Waals surface area contributed by atoms with Crippen molar-refractivity contribution >= 4 is 93.8 Å². The number of benzene rings is 6. The fraction of sp³-hybridized carbons (Fsp3) is 0.333. The van der Waals surface area contributed by atoms with Gasteiger partial charge in [0, 0.05) is 80.3 Å².